The van der Waals surface area contributed by atoms with Gasteiger partial charge in [0.05, 0.1) is 15.9 Å². The van der Waals surface area contributed by atoms with E-state index < -0.39 is 10.8 Å². The molecule has 0 fully saturated rings. The van der Waals surface area contributed by atoms with Crippen LogP contribution < -0.4 is 0 Å². The molecule has 0 saturated heterocycles. The van der Waals surface area contributed by atoms with Crippen LogP contribution in [-0.2, 0) is 0 Å². The lowest BCUT2D eigenvalue weighted by Gasteiger charge is -2.35. The van der Waals surface area contributed by atoms with Gasteiger partial charge in [-0.2, -0.15) is 0 Å². The van der Waals surface area contributed by atoms with Crippen molar-refractivity contribution >= 4 is 72.4 Å². The molecule has 5 aromatic carbocycles. The molecule has 71 heavy (non-hydrogen) atoms. The van der Waals surface area contributed by atoms with Gasteiger partial charge in [0.1, 0.15) is 0 Å². The number of rotatable bonds is 35. The molecule has 0 bridgehead atoms. The summed E-state index contributed by atoms with van der Waals surface area (Å²) in [4.78, 5) is 75.6. The van der Waals surface area contributed by atoms with Crippen LogP contribution in [0.2, 0.25) is 0 Å². The Kier molecular flexibility index (Phi) is 20.2. The van der Waals surface area contributed by atoms with Crippen LogP contribution in [0.3, 0.4) is 0 Å². The van der Waals surface area contributed by atoms with Crippen molar-refractivity contribution in [2.75, 3.05) is 0 Å². The van der Waals surface area contributed by atoms with Crippen LogP contribution in [0.15, 0.2) is 42.5 Å². The summed E-state index contributed by atoms with van der Waals surface area (Å²) in [7, 11) is 0. The first kappa shape index (κ1) is 53.9. The molecular weight excluding hydrogens is 883 g/mol. The zero-order valence-corrected chi connectivity index (χ0v) is 44.1. The minimum absolute atomic E-state index is 0.194. The molecule has 0 aromatic heterocycles. The third-order valence-corrected chi connectivity index (χ3v) is 16.3. The number of unbranched alkanes of at least 4 members (excludes halogenated alkanes) is 24. The third-order valence-electron chi connectivity index (χ3n) is 16.3. The average Bonchev–Trinajstić information content (AvgIpc) is 3.37. The number of hydrogen-bond acceptors (Lipinski definition) is 6. The molecule has 7 rings (SSSR count). The highest BCUT2D eigenvalue weighted by atomic mass is 16.6. The molecule has 2 heterocycles. The summed E-state index contributed by atoms with van der Waals surface area (Å²) in [6, 6.07) is 11.9. The van der Waals surface area contributed by atoms with E-state index in [9.17, 15) is 29.3 Å². The fourth-order valence-corrected chi connectivity index (χ4v) is 12.3. The molecule has 4 amide bonds. The normalized spacial score (nSPS) is 13.9. The van der Waals surface area contributed by atoms with Crippen LogP contribution in [0.5, 0.6) is 0 Å². The minimum atomic E-state index is -0.458. The third kappa shape index (κ3) is 12.1. The number of benzene rings is 5. The molecule has 0 aliphatic carbocycles. The number of non-ortho nitro benzene ring substituents is 1. The molecule has 384 valence electrons. The van der Waals surface area contributed by atoms with Crippen molar-refractivity contribution in [3.8, 4) is 0 Å². The van der Waals surface area contributed by atoms with Crippen molar-refractivity contribution in [1.82, 2.24) is 9.80 Å². The molecular formula is C62H85N3O6. The van der Waals surface area contributed by atoms with Crippen LogP contribution in [-0.4, -0.2) is 50.4 Å². The van der Waals surface area contributed by atoms with Gasteiger partial charge in [0.25, 0.3) is 29.3 Å². The summed E-state index contributed by atoms with van der Waals surface area (Å²) >= 11 is 0. The maximum atomic E-state index is 15.0. The van der Waals surface area contributed by atoms with Crippen molar-refractivity contribution in [2.24, 2.45) is 0 Å². The topological polar surface area (TPSA) is 118 Å². The molecule has 9 nitrogen and oxygen atoms in total. The van der Waals surface area contributed by atoms with Gasteiger partial charge in [0.15, 0.2) is 0 Å². The van der Waals surface area contributed by atoms with Gasteiger partial charge in [-0.25, -0.2) is 0 Å². The van der Waals surface area contributed by atoms with E-state index >= 15 is 0 Å². The van der Waals surface area contributed by atoms with E-state index in [4.69, 9.17) is 0 Å². The predicted octanol–water partition coefficient (Wildman–Crippen LogP) is 18.1. The van der Waals surface area contributed by atoms with Crippen LogP contribution >= 0.6 is 0 Å². The number of carbonyl (C=O) groups excluding carboxylic acids is 4. The van der Waals surface area contributed by atoms with Gasteiger partial charge in [0.2, 0.25) is 0 Å². The van der Waals surface area contributed by atoms with Gasteiger partial charge in [-0.1, -0.05) is 226 Å². The second-order valence-corrected chi connectivity index (χ2v) is 21.5. The fourth-order valence-electron chi connectivity index (χ4n) is 12.3. The minimum Gasteiger partial charge on any atom is -0.271 e. The quantitative estimate of drug-likeness (QED) is 0.00996. The molecule has 9 heteroatoms. The molecule has 0 atom stereocenters. The van der Waals surface area contributed by atoms with E-state index in [0.717, 1.165) is 95.3 Å². The van der Waals surface area contributed by atoms with Gasteiger partial charge in [-0.15, -0.1) is 0 Å². The van der Waals surface area contributed by atoms with Gasteiger partial charge in [-0.3, -0.25) is 39.1 Å². The number of carbonyl (C=O) groups is 4. The Morgan fingerprint density at radius 1 is 0.366 bits per heavy atom. The Morgan fingerprint density at radius 2 is 0.662 bits per heavy atom. The molecule has 0 unspecified atom stereocenters. The van der Waals surface area contributed by atoms with Crippen LogP contribution in [0.1, 0.15) is 275 Å². The lowest BCUT2D eigenvalue weighted by molar-refractivity contribution is -0.383. The lowest BCUT2D eigenvalue weighted by Crippen LogP contribution is -2.47. The zero-order chi connectivity index (χ0) is 50.3. The number of amides is 4. The van der Waals surface area contributed by atoms with Crippen molar-refractivity contribution in [3.63, 3.8) is 0 Å². The van der Waals surface area contributed by atoms with Crippen LogP contribution in [0.25, 0.3) is 43.1 Å². The summed E-state index contributed by atoms with van der Waals surface area (Å²) in [5.74, 6) is -1.39. The Balaban J connectivity index is 1.24. The summed E-state index contributed by atoms with van der Waals surface area (Å²) in [5, 5.41) is 17.8. The number of hydrogen-bond donors (Lipinski definition) is 0. The standard InChI is InChI=1S/C62H85N3O6/c1-5-9-13-17-21-25-29-33-44(34-30-26-22-18-14-10-6-2)63-59(66)49-40-37-46-47-38-41-51-56-52(43-53(65(70)71)57(58(47)56)48-39-42-50(60(63)67)55(49)54(46)48)62(69)64(61(51)68)45(35-31-27-23-19-15-11-7-3)36-32-28-24-20-16-12-8-4/h37-45H,5-36H2,1-4H3. The molecule has 2 aliphatic rings. The summed E-state index contributed by atoms with van der Waals surface area (Å²) in [6.07, 6.45) is 35.0. The number of nitro benzene ring substituents is 1. The van der Waals surface area contributed by atoms with E-state index in [0.29, 0.717) is 67.2 Å². The highest BCUT2D eigenvalue weighted by Gasteiger charge is 2.42. The smallest absolute Gasteiger partial charge is 0.271 e. The van der Waals surface area contributed by atoms with Gasteiger partial charge in [0, 0.05) is 51.0 Å². The first-order chi connectivity index (χ1) is 34.7. The molecule has 0 N–H and O–H groups in total. The highest BCUT2D eigenvalue weighted by Crippen LogP contribution is 2.50. The van der Waals surface area contributed by atoms with E-state index in [1.807, 2.05) is 18.2 Å². The van der Waals surface area contributed by atoms with E-state index in [2.05, 4.69) is 27.7 Å². The fraction of sp³-hybridized carbons (Fsp3) is 0.613. The zero-order valence-electron chi connectivity index (χ0n) is 44.1. The van der Waals surface area contributed by atoms with Crippen molar-refractivity contribution in [2.45, 2.75) is 245 Å². The van der Waals surface area contributed by atoms with Gasteiger partial charge in [-0.05, 0) is 65.4 Å². The Morgan fingerprint density at radius 3 is 1.01 bits per heavy atom. The Bertz CT molecular complexity index is 2560. The lowest BCUT2D eigenvalue weighted by atomic mass is 9.81. The van der Waals surface area contributed by atoms with E-state index in [1.165, 1.54) is 114 Å². The summed E-state index contributed by atoms with van der Waals surface area (Å²) in [5.41, 5.74) is 1.25. The second kappa shape index (κ2) is 26.7. The van der Waals surface area contributed by atoms with Gasteiger partial charge < -0.3 is 0 Å². The predicted molar refractivity (Wildman–Crippen MR) is 293 cm³/mol. The molecule has 0 saturated carbocycles. The van der Waals surface area contributed by atoms with E-state index in [-0.39, 0.29) is 41.1 Å². The SMILES string of the molecule is CCCCCCCCCC(CCCCCCCCC)N1C(=O)c2ccc3c4ccc5c6c(cc([N+](=O)[O-])c(c7ccc(c2c37)C1=O)c64)C(=O)N(C(CCCCCCCCC)CCCCCCCCC)C5=O. The maximum Gasteiger partial charge on any atom is 0.278 e. The second-order valence-electron chi connectivity index (χ2n) is 21.5. The number of nitrogens with zero attached hydrogens (tertiary/aromatic N) is 3. The Labute approximate surface area is 424 Å². The van der Waals surface area contributed by atoms with Crippen molar-refractivity contribution < 1.29 is 24.1 Å². The maximum absolute atomic E-state index is 15.0. The van der Waals surface area contributed by atoms with E-state index in [1.54, 1.807) is 23.1 Å². The van der Waals surface area contributed by atoms with Crippen LogP contribution in [0, 0.1) is 10.1 Å². The largest absolute Gasteiger partial charge is 0.278 e. The number of imide groups is 2. The number of nitro groups is 1. The summed E-state index contributed by atoms with van der Waals surface area (Å²) < 4.78 is 0. The van der Waals surface area contributed by atoms with Crippen molar-refractivity contribution in [1.29, 1.82) is 0 Å². The monoisotopic (exact) mass is 968 g/mol. The first-order valence-corrected chi connectivity index (χ1v) is 28.8. The molecule has 0 spiro atoms. The first-order valence-electron chi connectivity index (χ1n) is 28.8. The van der Waals surface area contributed by atoms with Crippen molar-refractivity contribution in [3.05, 3.63) is 74.8 Å². The summed E-state index contributed by atoms with van der Waals surface area (Å²) in [6.45, 7) is 8.89. The molecule has 2 aliphatic heterocycles. The number of fused-ring (bicyclic) bond motifs is 2. The average molecular weight is 968 g/mol. The van der Waals surface area contributed by atoms with Crippen LogP contribution in [0.4, 0.5) is 5.69 Å². The highest BCUT2D eigenvalue weighted by molar-refractivity contribution is 6.42. The molecule has 0 radical (unpaired) electrons. The van der Waals surface area contributed by atoms with Gasteiger partial charge >= 0.3 is 0 Å². The Hall–Kier alpha value is -4.92. The molecule has 5 aromatic rings.